The van der Waals surface area contributed by atoms with Gasteiger partial charge in [-0.25, -0.2) is 0 Å². The van der Waals surface area contributed by atoms with E-state index in [1.54, 1.807) is 6.07 Å². The highest BCUT2D eigenvalue weighted by atomic mass is 19.4. The molecule has 0 aromatic heterocycles. The van der Waals surface area contributed by atoms with Crippen LogP contribution in [0.25, 0.3) is 0 Å². The highest BCUT2D eigenvalue weighted by Crippen LogP contribution is 2.30. The largest absolute Gasteiger partial charge is 0.416 e. The highest BCUT2D eigenvalue weighted by molar-refractivity contribution is 6.11. The van der Waals surface area contributed by atoms with Crippen LogP contribution in [0, 0.1) is 0 Å². The summed E-state index contributed by atoms with van der Waals surface area (Å²) in [5.74, 6) is 0.306. The van der Waals surface area contributed by atoms with Crippen LogP contribution in [0.3, 0.4) is 0 Å². The van der Waals surface area contributed by atoms with Crippen molar-refractivity contribution in [1.29, 1.82) is 0 Å². The molecule has 144 valence electrons. The molecule has 2 radical (unpaired) electrons. The van der Waals surface area contributed by atoms with Crippen molar-refractivity contribution >= 4 is 7.85 Å². The third-order valence-corrected chi connectivity index (χ3v) is 5.19. The Hall–Kier alpha value is -0.965. The topological polar surface area (TPSA) is 9.23 Å². The molecule has 1 aromatic carbocycles. The molecule has 26 heavy (non-hydrogen) atoms. The molecule has 2 unspecified atom stereocenters. The zero-order valence-corrected chi connectivity index (χ0v) is 15.6. The number of hydrogen-bond acceptors (Lipinski definition) is 1. The number of hydrogen-bond donors (Lipinski definition) is 0. The molecule has 2 rings (SSSR count). The minimum Gasteiger partial charge on any atom is -0.374 e. The Kier molecular flexibility index (Phi) is 9.03. The van der Waals surface area contributed by atoms with E-state index in [4.69, 9.17) is 12.6 Å². The lowest BCUT2D eigenvalue weighted by atomic mass is 9.79. The summed E-state index contributed by atoms with van der Waals surface area (Å²) in [5.41, 5.74) is -0.0210. The fraction of sp³-hybridized carbons (Fsp3) is 0.714. The second-order valence-electron chi connectivity index (χ2n) is 7.52. The van der Waals surface area contributed by atoms with E-state index in [0.717, 1.165) is 51.0 Å². The summed E-state index contributed by atoms with van der Waals surface area (Å²) in [6.45, 7) is 0.244. The minimum atomic E-state index is -4.31. The van der Waals surface area contributed by atoms with Crippen molar-refractivity contribution < 1.29 is 17.9 Å². The van der Waals surface area contributed by atoms with Gasteiger partial charge in [-0.3, -0.25) is 0 Å². The fourth-order valence-electron chi connectivity index (χ4n) is 3.59. The van der Waals surface area contributed by atoms with Crippen LogP contribution >= 0.6 is 0 Å². The smallest absolute Gasteiger partial charge is 0.374 e. The predicted octanol–water partition coefficient (Wildman–Crippen LogP) is 6.85. The van der Waals surface area contributed by atoms with E-state index in [1.807, 2.05) is 0 Å². The lowest BCUT2D eigenvalue weighted by molar-refractivity contribution is -0.137. The standard InChI is InChI=1S/C21H30BF3O/c22-19-11-4-2-1-3-5-13-20(14-7-6-12-19)26-16-17-9-8-10-18(15-17)21(23,24)25/h8-10,15,19-20H,1-7,11-14,16H2. The Morgan fingerprint density at radius 2 is 1.46 bits per heavy atom. The van der Waals surface area contributed by atoms with Crippen LogP contribution in [0.5, 0.6) is 0 Å². The van der Waals surface area contributed by atoms with Crippen molar-refractivity contribution in [1.82, 2.24) is 0 Å². The molecule has 1 saturated carbocycles. The van der Waals surface area contributed by atoms with E-state index in [0.29, 0.717) is 11.4 Å². The lowest BCUT2D eigenvalue weighted by Crippen LogP contribution is -2.14. The Morgan fingerprint density at radius 3 is 2.15 bits per heavy atom. The summed E-state index contributed by atoms with van der Waals surface area (Å²) < 4.78 is 44.5. The number of ether oxygens (including phenoxy) is 1. The molecular weight excluding hydrogens is 336 g/mol. The average Bonchev–Trinajstić information content (AvgIpc) is 2.62. The molecule has 1 aromatic rings. The van der Waals surface area contributed by atoms with Gasteiger partial charge in [-0.1, -0.05) is 75.7 Å². The molecule has 0 aliphatic heterocycles. The van der Waals surface area contributed by atoms with Crippen LogP contribution in [0.4, 0.5) is 13.2 Å². The van der Waals surface area contributed by atoms with Crippen molar-refractivity contribution in [3.8, 4) is 0 Å². The number of halogens is 3. The molecule has 1 fully saturated rings. The summed E-state index contributed by atoms with van der Waals surface area (Å²) in [4.78, 5) is 0. The van der Waals surface area contributed by atoms with Crippen molar-refractivity contribution in [3.05, 3.63) is 35.4 Å². The first kappa shape index (κ1) is 21.3. The van der Waals surface area contributed by atoms with Gasteiger partial charge in [-0.05, 0) is 30.5 Å². The predicted molar refractivity (Wildman–Crippen MR) is 100 cm³/mol. The quantitative estimate of drug-likeness (QED) is 0.532. The van der Waals surface area contributed by atoms with Crippen LogP contribution in [0.2, 0.25) is 5.82 Å². The SMILES string of the molecule is [B]C1CCCCCCCC(OCc2cccc(C(F)(F)F)c2)CCCC1. The van der Waals surface area contributed by atoms with Gasteiger partial charge in [0.2, 0.25) is 0 Å². The van der Waals surface area contributed by atoms with Gasteiger partial charge >= 0.3 is 6.18 Å². The summed E-state index contributed by atoms with van der Waals surface area (Å²) in [7, 11) is 6.15. The molecule has 0 heterocycles. The normalized spacial score (nSPS) is 24.3. The second kappa shape index (κ2) is 11.0. The van der Waals surface area contributed by atoms with Gasteiger partial charge in [0.25, 0.3) is 0 Å². The van der Waals surface area contributed by atoms with Gasteiger partial charge in [0, 0.05) is 0 Å². The minimum absolute atomic E-state index is 0.126. The lowest BCUT2D eigenvalue weighted by Gasteiger charge is -2.19. The van der Waals surface area contributed by atoms with Crippen LogP contribution < -0.4 is 0 Å². The van der Waals surface area contributed by atoms with Crippen molar-refractivity contribution in [3.63, 3.8) is 0 Å². The second-order valence-corrected chi connectivity index (χ2v) is 7.52. The van der Waals surface area contributed by atoms with Crippen molar-refractivity contribution in [2.75, 3.05) is 0 Å². The van der Waals surface area contributed by atoms with Gasteiger partial charge in [-0.2, -0.15) is 13.2 Å². The van der Waals surface area contributed by atoms with E-state index in [1.165, 1.54) is 37.8 Å². The van der Waals surface area contributed by atoms with Crippen LogP contribution in [-0.4, -0.2) is 14.0 Å². The van der Waals surface area contributed by atoms with Crippen LogP contribution in [0.1, 0.15) is 81.8 Å². The first-order chi connectivity index (χ1) is 12.4. The first-order valence-electron chi connectivity index (χ1n) is 9.98. The van der Waals surface area contributed by atoms with Crippen molar-refractivity contribution in [2.45, 2.75) is 95.3 Å². The Labute approximate surface area is 157 Å². The molecule has 0 amide bonds. The Morgan fingerprint density at radius 1 is 0.885 bits per heavy atom. The highest BCUT2D eigenvalue weighted by Gasteiger charge is 2.30. The van der Waals surface area contributed by atoms with Gasteiger partial charge in [-0.15, -0.1) is 0 Å². The zero-order chi connectivity index (χ0) is 18.8. The van der Waals surface area contributed by atoms with Gasteiger partial charge in [0.15, 0.2) is 0 Å². The molecular formula is C21H30BF3O. The van der Waals surface area contributed by atoms with E-state index in [9.17, 15) is 13.2 Å². The maximum Gasteiger partial charge on any atom is 0.416 e. The maximum absolute atomic E-state index is 12.8. The maximum atomic E-state index is 12.8. The molecule has 1 aliphatic rings. The summed E-state index contributed by atoms with van der Waals surface area (Å²) in [6.07, 6.45) is 8.13. The molecule has 0 bridgehead atoms. The van der Waals surface area contributed by atoms with E-state index < -0.39 is 11.7 Å². The Balaban J connectivity index is 1.86. The molecule has 0 N–H and O–H groups in total. The molecule has 1 nitrogen and oxygen atoms in total. The first-order valence-corrected chi connectivity index (χ1v) is 9.98. The molecule has 0 saturated heterocycles. The number of benzene rings is 1. The summed E-state index contributed by atoms with van der Waals surface area (Å²) in [6, 6.07) is 5.45. The molecule has 5 heteroatoms. The molecule has 0 spiro atoms. The van der Waals surface area contributed by atoms with E-state index >= 15 is 0 Å². The van der Waals surface area contributed by atoms with Gasteiger partial charge in [0.05, 0.1) is 26.1 Å². The Bertz CT molecular complexity index is 518. The van der Waals surface area contributed by atoms with Gasteiger partial charge in [0.1, 0.15) is 0 Å². The van der Waals surface area contributed by atoms with Gasteiger partial charge < -0.3 is 4.74 Å². The van der Waals surface area contributed by atoms with Crippen LogP contribution in [-0.2, 0) is 17.5 Å². The monoisotopic (exact) mass is 366 g/mol. The third kappa shape index (κ3) is 8.15. The summed E-state index contributed by atoms with van der Waals surface area (Å²) >= 11 is 0. The number of rotatable bonds is 3. The molecule has 2 atom stereocenters. The van der Waals surface area contributed by atoms with Crippen molar-refractivity contribution in [2.24, 2.45) is 0 Å². The van der Waals surface area contributed by atoms with Crippen LogP contribution in [0.15, 0.2) is 24.3 Å². The van der Waals surface area contributed by atoms with E-state index in [-0.39, 0.29) is 12.7 Å². The van der Waals surface area contributed by atoms with E-state index in [2.05, 4.69) is 0 Å². The third-order valence-electron chi connectivity index (χ3n) is 5.19. The fourth-order valence-corrected chi connectivity index (χ4v) is 3.59. The molecule has 1 aliphatic carbocycles. The zero-order valence-electron chi connectivity index (χ0n) is 15.6. The number of alkyl halides is 3. The summed E-state index contributed by atoms with van der Waals surface area (Å²) in [5, 5.41) is 0. The average molecular weight is 366 g/mol.